The second kappa shape index (κ2) is 47.4. The molecule has 0 fully saturated rings. The van der Waals surface area contributed by atoms with Crippen LogP contribution < -0.4 is 0 Å². The summed E-state index contributed by atoms with van der Waals surface area (Å²) in [6, 6.07) is 0. The van der Waals surface area contributed by atoms with Gasteiger partial charge in [0.1, 0.15) is 13.2 Å². The van der Waals surface area contributed by atoms with E-state index in [-0.39, 0.29) is 31.1 Å². The molecule has 0 radical (unpaired) electrons. The van der Waals surface area contributed by atoms with Gasteiger partial charge in [-0.2, -0.15) is 0 Å². The van der Waals surface area contributed by atoms with Gasteiger partial charge in [0.25, 0.3) is 0 Å². The van der Waals surface area contributed by atoms with Crippen molar-refractivity contribution >= 4 is 17.9 Å². The molecule has 0 aromatic rings. The van der Waals surface area contributed by atoms with E-state index in [4.69, 9.17) is 14.2 Å². The fraction of sp³-hybridized carbons (Fsp3) is 0.946. The minimum atomic E-state index is -0.763. The van der Waals surface area contributed by atoms with Gasteiger partial charge in [0.05, 0.1) is 0 Å². The van der Waals surface area contributed by atoms with Crippen LogP contribution in [-0.2, 0) is 28.6 Å². The van der Waals surface area contributed by atoms with Crippen molar-refractivity contribution in [2.75, 3.05) is 13.2 Å². The molecule has 6 nitrogen and oxygen atoms in total. The third-order valence-corrected chi connectivity index (χ3v) is 13.0. The van der Waals surface area contributed by atoms with Gasteiger partial charge in [-0.1, -0.05) is 266 Å². The molecule has 62 heavy (non-hydrogen) atoms. The first kappa shape index (κ1) is 60.4. The van der Waals surface area contributed by atoms with Crippen LogP contribution in [0.1, 0.15) is 305 Å². The summed E-state index contributed by atoms with van der Waals surface area (Å²) in [5.41, 5.74) is 0. The van der Waals surface area contributed by atoms with Crippen LogP contribution in [0.2, 0.25) is 0 Å². The molecular formula is C56H108O6. The maximum Gasteiger partial charge on any atom is 0.306 e. The van der Waals surface area contributed by atoms with Crippen LogP contribution >= 0.6 is 0 Å². The number of hydrogen-bond donors (Lipinski definition) is 0. The van der Waals surface area contributed by atoms with Crippen molar-refractivity contribution < 1.29 is 28.6 Å². The van der Waals surface area contributed by atoms with Gasteiger partial charge in [-0.25, -0.2) is 0 Å². The minimum absolute atomic E-state index is 0.0643. The van der Waals surface area contributed by atoms with E-state index in [0.717, 1.165) is 75.5 Å². The normalized spacial score (nSPS) is 12.6. The summed E-state index contributed by atoms with van der Waals surface area (Å²) >= 11 is 0. The number of carbonyl (C=O) groups is 3. The summed E-state index contributed by atoms with van der Waals surface area (Å²) < 4.78 is 16.9. The lowest BCUT2D eigenvalue weighted by atomic mass is 9.99. The molecule has 0 bridgehead atoms. The van der Waals surface area contributed by atoms with Crippen LogP contribution in [-0.4, -0.2) is 37.2 Å². The maximum atomic E-state index is 12.8. The number of rotatable bonds is 49. The monoisotopic (exact) mass is 877 g/mol. The third-order valence-electron chi connectivity index (χ3n) is 13.0. The quantitative estimate of drug-likeness (QED) is 0.0344. The molecule has 0 saturated heterocycles. The molecule has 1 unspecified atom stereocenters. The van der Waals surface area contributed by atoms with E-state index in [1.54, 1.807) is 0 Å². The van der Waals surface area contributed by atoms with Crippen molar-refractivity contribution in [1.82, 2.24) is 0 Å². The van der Waals surface area contributed by atoms with Gasteiger partial charge in [0, 0.05) is 19.3 Å². The Balaban J connectivity index is 4.29. The van der Waals surface area contributed by atoms with E-state index in [9.17, 15) is 14.4 Å². The zero-order valence-electron chi connectivity index (χ0n) is 42.7. The fourth-order valence-corrected chi connectivity index (χ4v) is 8.44. The van der Waals surface area contributed by atoms with Gasteiger partial charge in [0.2, 0.25) is 0 Å². The van der Waals surface area contributed by atoms with Gasteiger partial charge in [-0.3, -0.25) is 14.4 Å². The Morgan fingerprint density at radius 3 is 0.839 bits per heavy atom. The molecule has 0 N–H and O–H groups in total. The predicted octanol–water partition coefficient (Wildman–Crippen LogP) is 17.9. The number of ether oxygens (including phenoxy) is 3. The third kappa shape index (κ3) is 47.9. The highest BCUT2D eigenvalue weighted by atomic mass is 16.6. The van der Waals surface area contributed by atoms with Gasteiger partial charge in [-0.15, -0.1) is 0 Å². The van der Waals surface area contributed by atoms with Crippen molar-refractivity contribution in [3.05, 3.63) is 0 Å². The van der Waals surface area contributed by atoms with E-state index < -0.39 is 6.10 Å². The molecule has 0 aliphatic heterocycles. The standard InChI is InChI=1S/C56H108O6/c1-7-52(6)44-38-32-26-22-23-29-35-41-47-56(59)62-53(49-61-55(58)46-40-34-28-21-17-13-12-15-19-25-31-37-43-51(4)5)48-60-54(57)45-39-33-27-20-16-11-9-8-10-14-18-24-30-36-42-50(2)3/h50-53H,7-49H2,1-6H3/t52?,53-/m1/s1. The molecule has 0 aliphatic carbocycles. The van der Waals surface area contributed by atoms with Crippen LogP contribution in [0.15, 0.2) is 0 Å². The lowest BCUT2D eigenvalue weighted by molar-refractivity contribution is -0.167. The van der Waals surface area contributed by atoms with Crippen LogP contribution in [0.5, 0.6) is 0 Å². The van der Waals surface area contributed by atoms with E-state index in [2.05, 4.69) is 41.5 Å². The summed E-state index contributed by atoms with van der Waals surface area (Å²) in [5, 5.41) is 0. The number of hydrogen-bond acceptors (Lipinski definition) is 6. The molecule has 0 heterocycles. The summed E-state index contributed by atoms with van der Waals surface area (Å²) in [7, 11) is 0. The van der Waals surface area contributed by atoms with Crippen molar-refractivity contribution in [3.63, 3.8) is 0 Å². The van der Waals surface area contributed by atoms with Gasteiger partial charge in [0.15, 0.2) is 6.10 Å². The van der Waals surface area contributed by atoms with Gasteiger partial charge < -0.3 is 14.2 Å². The molecule has 6 heteroatoms. The Bertz CT molecular complexity index is 962. The van der Waals surface area contributed by atoms with Gasteiger partial charge in [-0.05, 0) is 37.0 Å². The molecule has 0 rings (SSSR count). The average Bonchev–Trinajstić information content (AvgIpc) is 3.24. The number of carbonyl (C=O) groups excluding carboxylic acids is 3. The summed E-state index contributed by atoms with van der Waals surface area (Å²) in [5.74, 6) is 1.67. The van der Waals surface area contributed by atoms with Crippen molar-refractivity contribution in [1.29, 1.82) is 0 Å². The SMILES string of the molecule is CCC(C)CCCCCCCCCCC(=O)O[C@H](COC(=O)CCCCCCCCCCCCCCCCC(C)C)COC(=O)CCCCCCCCCCCCCCC(C)C. The molecular weight excluding hydrogens is 769 g/mol. The summed E-state index contributed by atoms with van der Waals surface area (Å²) in [6.45, 7) is 13.8. The van der Waals surface area contributed by atoms with Crippen molar-refractivity contribution in [2.45, 2.75) is 311 Å². The van der Waals surface area contributed by atoms with E-state index >= 15 is 0 Å². The van der Waals surface area contributed by atoms with E-state index in [1.807, 2.05) is 0 Å². The molecule has 0 aliphatic rings. The molecule has 0 aromatic heterocycles. The molecule has 368 valence electrons. The zero-order chi connectivity index (χ0) is 45.6. The lowest BCUT2D eigenvalue weighted by Gasteiger charge is -2.18. The van der Waals surface area contributed by atoms with Crippen LogP contribution in [0, 0.1) is 17.8 Å². The van der Waals surface area contributed by atoms with Crippen molar-refractivity contribution in [3.8, 4) is 0 Å². The number of unbranched alkanes of at least 4 members (excludes halogenated alkanes) is 31. The Morgan fingerprint density at radius 2 is 0.565 bits per heavy atom. The van der Waals surface area contributed by atoms with Crippen molar-refractivity contribution in [2.24, 2.45) is 17.8 Å². The number of esters is 3. The Kier molecular flexibility index (Phi) is 46.2. The smallest absolute Gasteiger partial charge is 0.306 e. The highest BCUT2D eigenvalue weighted by Crippen LogP contribution is 2.18. The molecule has 0 amide bonds. The van der Waals surface area contributed by atoms with E-state index in [1.165, 1.54) is 186 Å². The molecule has 0 saturated carbocycles. The van der Waals surface area contributed by atoms with Crippen LogP contribution in [0.3, 0.4) is 0 Å². The predicted molar refractivity (Wildman–Crippen MR) is 266 cm³/mol. The Labute approximate surface area is 387 Å². The molecule has 0 spiro atoms. The maximum absolute atomic E-state index is 12.8. The zero-order valence-corrected chi connectivity index (χ0v) is 42.7. The van der Waals surface area contributed by atoms with Crippen LogP contribution in [0.4, 0.5) is 0 Å². The fourth-order valence-electron chi connectivity index (χ4n) is 8.44. The molecule has 0 aromatic carbocycles. The topological polar surface area (TPSA) is 78.9 Å². The van der Waals surface area contributed by atoms with E-state index in [0.29, 0.717) is 19.3 Å². The second-order valence-electron chi connectivity index (χ2n) is 20.4. The lowest BCUT2D eigenvalue weighted by Crippen LogP contribution is -2.30. The highest BCUT2D eigenvalue weighted by molar-refractivity contribution is 5.71. The Morgan fingerprint density at radius 1 is 0.323 bits per heavy atom. The summed E-state index contributed by atoms with van der Waals surface area (Å²) in [6.07, 6.45) is 48.0. The first-order valence-electron chi connectivity index (χ1n) is 27.6. The Hall–Kier alpha value is -1.59. The minimum Gasteiger partial charge on any atom is -0.462 e. The van der Waals surface area contributed by atoms with Gasteiger partial charge >= 0.3 is 17.9 Å². The first-order valence-corrected chi connectivity index (χ1v) is 27.6. The molecule has 2 atom stereocenters. The highest BCUT2D eigenvalue weighted by Gasteiger charge is 2.19. The second-order valence-corrected chi connectivity index (χ2v) is 20.4. The first-order chi connectivity index (χ1) is 30.1. The van der Waals surface area contributed by atoms with Crippen LogP contribution in [0.25, 0.3) is 0 Å². The largest absolute Gasteiger partial charge is 0.462 e. The average molecular weight is 877 g/mol. The summed E-state index contributed by atoms with van der Waals surface area (Å²) in [4.78, 5) is 38.0.